The van der Waals surface area contributed by atoms with Crippen LogP contribution in [0.4, 0.5) is 0 Å². The SMILES string of the molecule is Cc1cc(C(O)C(O)CC#N)cc(Cl)c1O. The number of aliphatic hydroxyl groups is 2. The minimum Gasteiger partial charge on any atom is -0.506 e. The van der Waals surface area contributed by atoms with Crippen LogP contribution in [-0.4, -0.2) is 21.4 Å². The number of nitriles is 1. The average molecular weight is 242 g/mol. The van der Waals surface area contributed by atoms with Crippen molar-refractivity contribution >= 4 is 11.6 Å². The average Bonchev–Trinajstić information content (AvgIpc) is 2.24. The second-order valence-corrected chi connectivity index (χ2v) is 3.95. The molecule has 4 nitrogen and oxygen atoms in total. The van der Waals surface area contributed by atoms with Gasteiger partial charge in [-0.25, -0.2) is 0 Å². The standard InChI is InChI=1S/C11H12ClNO3/c1-6-4-7(5-8(12)10(6)15)11(16)9(14)2-3-13/h4-5,9,11,14-16H,2H2,1H3. The van der Waals surface area contributed by atoms with Crippen molar-refractivity contribution in [1.29, 1.82) is 5.26 Å². The number of nitrogens with zero attached hydrogens (tertiary/aromatic N) is 1. The molecular weight excluding hydrogens is 230 g/mol. The lowest BCUT2D eigenvalue weighted by molar-refractivity contribution is 0.0216. The van der Waals surface area contributed by atoms with Gasteiger partial charge in [-0.05, 0) is 30.2 Å². The van der Waals surface area contributed by atoms with Crippen LogP contribution in [0.2, 0.25) is 5.02 Å². The zero-order valence-corrected chi connectivity index (χ0v) is 9.44. The predicted molar refractivity (Wildman–Crippen MR) is 59.1 cm³/mol. The fourth-order valence-corrected chi connectivity index (χ4v) is 1.64. The zero-order valence-electron chi connectivity index (χ0n) is 8.68. The third kappa shape index (κ3) is 2.64. The molecule has 0 spiro atoms. The molecule has 0 heterocycles. The number of phenols is 1. The van der Waals surface area contributed by atoms with Crippen LogP contribution in [0.25, 0.3) is 0 Å². The highest BCUT2D eigenvalue weighted by Gasteiger charge is 2.19. The van der Waals surface area contributed by atoms with Crippen LogP contribution >= 0.6 is 11.6 Å². The molecule has 0 aliphatic rings. The molecule has 2 atom stereocenters. The molecule has 1 aromatic rings. The van der Waals surface area contributed by atoms with Crippen LogP contribution in [0.15, 0.2) is 12.1 Å². The Balaban J connectivity index is 3.01. The number of aryl methyl sites for hydroxylation is 1. The molecule has 0 saturated carbocycles. The van der Waals surface area contributed by atoms with E-state index in [2.05, 4.69) is 0 Å². The van der Waals surface area contributed by atoms with Crippen LogP contribution in [-0.2, 0) is 0 Å². The van der Waals surface area contributed by atoms with E-state index < -0.39 is 12.2 Å². The molecule has 0 saturated heterocycles. The molecule has 0 fully saturated rings. The van der Waals surface area contributed by atoms with E-state index in [1.165, 1.54) is 12.1 Å². The molecule has 1 aromatic carbocycles. The summed E-state index contributed by atoms with van der Waals surface area (Å²) in [4.78, 5) is 0. The fraction of sp³-hybridized carbons (Fsp3) is 0.364. The van der Waals surface area contributed by atoms with Crippen molar-refractivity contribution in [3.8, 4) is 11.8 Å². The lowest BCUT2D eigenvalue weighted by Gasteiger charge is -2.17. The van der Waals surface area contributed by atoms with Gasteiger partial charge >= 0.3 is 0 Å². The fourth-order valence-electron chi connectivity index (χ4n) is 1.36. The van der Waals surface area contributed by atoms with Crippen LogP contribution in [0.3, 0.4) is 0 Å². The summed E-state index contributed by atoms with van der Waals surface area (Å²) in [6.07, 6.45) is -2.51. The molecular formula is C11H12ClNO3. The van der Waals surface area contributed by atoms with Gasteiger partial charge in [0.15, 0.2) is 0 Å². The van der Waals surface area contributed by atoms with Gasteiger partial charge in [-0.1, -0.05) is 11.6 Å². The maximum Gasteiger partial charge on any atom is 0.137 e. The maximum atomic E-state index is 9.72. The first-order valence-corrected chi connectivity index (χ1v) is 5.07. The minimum atomic E-state index is -1.18. The van der Waals surface area contributed by atoms with Gasteiger partial charge in [-0.3, -0.25) is 0 Å². The van der Waals surface area contributed by atoms with Crippen molar-refractivity contribution in [3.05, 3.63) is 28.3 Å². The first kappa shape index (κ1) is 12.8. The van der Waals surface area contributed by atoms with Gasteiger partial charge in [0, 0.05) is 0 Å². The molecule has 0 aliphatic carbocycles. The molecule has 5 heteroatoms. The highest BCUT2D eigenvalue weighted by Crippen LogP contribution is 2.31. The van der Waals surface area contributed by atoms with E-state index in [1.54, 1.807) is 13.0 Å². The van der Waals surface area contributed by atoms with E-state index in [1.807, 2.05) is 0 Å². The number of hydrogen-bond acceptors (Lipinski definition) is 4. The van der Waals surface area contributed by atoms with Gasteiger partial charge < -0.3 is 15.3 Å². The summed E-state index contributed by atoms with van der Waals surface area (Å²) in [7, 11) is 0. The Morgan fingerprint density at radius 2 is 2.06 bits per heavy atom. The number of phenolic OH excluding ortho intramolecular Hbond substituents is 1. The van der Waals surface area contributed by atoms with Crippen molar-refractivity contribution in [1.82, 2.24) is 0 Å². The summed E-state index contributed by atoms with van der Waals surface area (Å²) in [5, 5.41) is 37.1. The molecule has 0 aromatic heterocycles. The lowest BCUT2D eigenvalue weighted by atomic mass is 10.0. The molecule has 3 N–H and O–H groups in total. The Kier molecular flexibility index (Phi) is 4.13. The van der Waals surface area contributed by atoms with Gasteiger partial charge in [-0.15, -0.1) is 0 Å². The van der Waals surface area contributed by atoms with Crippen molar-refractivity contribution in [2.24, 2.45) is 0 Å². The molecule has 1 rings (SSSR count). The molecule has 0 amide bonds. The third-order valence-electron chi connectivity index (χ3n) is 2.28. The summed E-state index contributed by atoms with van der Waals surface area (Å²) in [5.41, 5.74) is 0.883. The third-order valence-corrected chi connectivity index (χ3v) is 2.57. The summed E-state index contributed by atoms with van der Waals surface area (Å²) in [6.45, 7) is 1.63. The maximum absolute atomic E-state index is 9.72. The second-order valence-electron chi connectivity index (χ2n) is 3.54. The van der Waals surface area contributed by atoms with Crippen LogP contribution in [0, 0.1) is 18.3 Å². The largest absolute Gasteiger partial charge is 0.506 e. The topological polar surface area (TPSA) is 84.5 Å². The quantitative estimate of drug-likeness (QED) is 0.751. The summed E-state index contributed by atoms with van der Waals surface area (Å²) in [5.74, 6) is -0.0487. The predicted octanol–water partition coefficient (Wildman–Crippen LogP) is 1.66. The summed E-state index contributed by atoms with van der Waals surface area (Å²) >= 11 is 5.74. The van der Waals surface area contributed by atoms with E-state index in [0.717, 1.165) is 0 Å². The number of benzene rings is 1. The Morgan fingerprint density at radius 1 is 1.44 bits per heavy atom. The van der Waals surface area contributed by atoms with Gasteiger partial charge in [0.2, 0.25) is 0 Å². The van der Waals surface area contributed by atoms with Crippen LogP contribution in [0.1, 0.15) is 23.7 Å². The van der Waals surface area contributed by atoms with Gasteiger partial charge in [0.05, 0.1) is 23.6 Å². The van der Waals surface area contributed by atoms with Crippen molar-refractivity contribution in [2.45, 2.75) is 25.6 Å². The van der Waals surface area contributed by atoms with E-state index in [-0.39, 0.29) is 17.2 Å². The highest BCUT2D eigenvalue weighted by molar-refractivity contribution is 6.32. The van der Waals surface area contributed by atoms with E-state index >= 15 is 0 Å². The van der Waals surface area contributed by atoms with Gasteiger partial charge in [0.1, 0.15) is 11.9 Å². The van der Waals surface area contributed by atoms with Crippen molar-refractivity contribution in [2.75, 3.05) is 0 Å². The Labute approximate surface area is 98.3 Å². The van der Waals surface area contributed by atoms with Crippen molar-refractivity contribution < 1.29 is 15.3 Å². The Morgan fingerprint density at radius 3 is 2.56 bits per heavy atom. The first-order valence-electron chi connectivity index (χ1n) is 4.69. The number of halogens is 1. The monoisotopic (exact) mass is 241 g/mol. The van der Waals surface area contributed by atoms with Crippen molar-refractivity contribution in [3.63, 3.8) is 0 Å². The van der Waals surface area contributed by atoms with E-state index in [0.29, 0.717) is 11.1 Å². The van der Waals surface area contributed by atoms with E-state index in [4.69, 9.17) is 16.9 Å². The smallest absolute Gasteiger partial charge is 0.137 e. The van der Waals surface area contributed by atoms with Gasteiger partial charge in [-0.2, -0.15) is 5.26 Å². The molecule has 16 heavy (non-hydrogen) atoms. The molecule has 0 bridgehead atoms. The number of hydrogen-bond donors (Lipinski definition) is 3. The second kappa shape index (κ2) is 5.17. The normalized spacial score (nSPS) is 14.2. The molecule has 86 valence electrons. The lowest BCUT2D eigenvalue weighted by Crippen LogP contribution is -2.17. The molecule has 0 radical (unpaired) electrons. The molecule has 0 aliphatic heterocycles. The minimum absolute atomic E-state index is 0.0487. The van der Waals surface area contributed by atoms with Crippen LogP contribution in [0.5, 0.6) is 5.75 Å². The van der Waals surface area contributed by atoms with Crippen LogP contribution < -0.4 is 0 Å². The van der Waals surface area contributed by atoms with Gasteiger partial charge in [0.25, 0.3) is 0 Å². The molecule has 2 unspecified atom stereocenters. The number of rotatable bonds is 3. The zero-order chi connectivity index (χ0) is 12.3. The highest BCUT2D eigenvalue weighted by atomic mass is 35.5. The number of aliphatic hydroxyl groups excluding tert-OH is 2. The summed E-state index contributed by atoms with van der Waals surface area (Å²) in [6, 6.07) is 4.66. The van der Waals surface area contributed by atoms with E-state index in [9.17, 15) is 15.3 Å². The Hall–Kier alpha value is -1.28. The number of aromatic hydroxyl groups is 1. The Bertz CT molecular complexity index is 405. The summed E-state index contributed by atoms with van der Waals surface area (Å²) < 4.78 is 0. The first-order chi connectivity index (χ1) is 7.47.